The second kappa shape index (κ2) is 24.3. The van der Waals surface area contributed by atoms with Gasteiger partial charge in [0.1, 0.15) is 35.2 Å². The van der Waals surface area contributed by atoms with Gasteiger partial charge in [-0.15, -0.1) is 0 Å². The van der Waals surface area contributed by atoms with E-state index in [1.807, 2.05) is 18.2 Å². The van der Waals surface area contributed by atoms with Crippen molar-refractivity contribution in [2.24, 2.45) is 0 Å². The van der Waals surface area contributed by atoms with E-state index >= 15 is 0 Å². The Morgan fingerprint density at radius 3 is 2.34 bits per heavy atom. The van der Waals surface area contributed by atoms with E-state index in [9.17, 15) is 41.9 Å². The number of anilines is 3. The second-order valence-electron chi connectivity index (χ2n) is 20.8. The van der Waals surface area contributed by atoms with Crippen LogP contribution >= 0.6 is 0 Å². The van der Waals surface area contributed by atoms with Crippen LogP contribution in [0.2, 0.25) is 0 Å². The number of nitrogens with zero attached hydrogens (tertiary/aromatic N) is 4. The average Bonchev–Trinajstić information content (AvgIpc) is 3.95. The molecule has 0 radical (unpaired) electrons. The van der Waals surface area contributed by atoms with E-state index in [4.69, 9.17) is 9.47 Å². The van der Waals surface area contributed by atoms with Crippen LogP contribution < -0.4 is 36.8 Å². The van der Waals surface area contributed by atoms with Crippen LogP contribution in [0, 0.1) is 17.5 Å². The lowest BCUT2D eigenvalue weighted by Gasteiger charge is -2.43. The van der Waals surface area contributed by atoms with Gasteiger partial charge in [0.25, 0.3) is 5.91 Å². The van der Waals surface area contributed by atoms with E-state index in [2.05, 4.69) is 55.5 Å². The highest BCUT2D eigenvalue weighted by Crippen LogP contribution is 2.43. The van der Waals surface area contributed by atoms with Crippen molar-refractivity contribution in [2.75, 3.05) is 88.7 Å². The van der Waals surface area contributed by atoms with E-state index < -0.39 is 83.0 Å². The highest BCUT2D eigenvalue weighted by Gasteiger charge is 2.48. The average molecular weight is 1070 g/mol. The number of morpholine rings is 1. The van der Waals surface area contributed by atoms with Crippen molar-refractivity contribution in [1.29, 1.82) is 0 Å². The summed E-state index contributed by atoms with van der Waals surface area (Å²) in [5.41, 5.74) is 1.71. The number of nitrogens with one attached hydrogen (secondary N) is 6. The fourth-order valence-electron chi connectivity index (χ4n) is 10.6. The first-order chi connectivity index (χ1) is 36.8. The Bertz CT molecular complexity index is 2840. The minimum atomic E-state index is -1.50. The lowest BCUT2D eigenvalue weighted by molar-refractivity contribution is -0.145. The fourth-order valence-corrected chi connectivity index (χ4v) is 10.6. The van der Waals surface area contributed by atoms with Crippen LogP contribution in [0.15, 0.2) is 78.9 Å². The standard InChI is InChI=1S/C56H69F3N10O8/c1-32-26-67(41(24-61-32)28-66-19-20-77-30-33(66)2)29-48(71)69-31-56(5,43-18-13-37(22-46(43)69)21-36-11-15-39(57)16-12-36)55(75)62-25-47(70)63-40-17-14-38-27-68(54(74)49(35(4)76-7)64-52(72)34(3)60-6)51(42(38)23-40)53(73)65-50-44(58)9-8-10-45(50)59/h8-18,22-23,32-35,41,49,51,60-61H,19-21,24-31H2,1-7H3,(H,62,75)(H,63,70)(H,64,72)(H,65,73)/t32-,33-,34?,35?,41-,49?,51+,56-/m1/s1. The van der Waals surface area contributed by atoms with Gasteiger partial charge < -0.3 is 51.2 Å². The first-order valence-corrected chi connectivity index (χ1v) is 26.0. The predicted octanol–water partition coefficient (Wildman–Crippen LogP) is 3.59. The van der Waals surface area contributed by atoms with E-state index in [0.717, 1.165) is 42.4 Å². The molecule has 4 aromatic rings. The molecule has 77 heavy (non-hydrogen) atoms. The molecule has 4 aliphatic heterocycles. The topological polar surface area (TPSA) is 206 Å². The minimum Gasteiger partial charge on any atom is -0.379 e. The quantitative estimate of drug-likeness (QED) is 0.0847. The van der Waals surface area contributed by atoms with E-state index in [-0.39, 0.29) is 60.7 Å². The van der Waals surface area contributed by atoms with Gasteiger partial charge >= 0.3 is 0 Å². The number of ether oxygens (including phenoxy) is 2. The van der Waals surface area contributed by atoms with Crippen molar-refractivity contribution in [2.45, 2.75) is 95.4 Å². The fraction of sp³-hybridized carbons (Fsp3) is 0.464. The van der Waals surface area contributed by atoms with Crippen molar-refractivity contribution in [1.82, 2.24) is 36.0 Å². The van der Waals surface area contributed by atoms with E-state index in [0.29, 0.717) is 49.5 Å². The Labute approximate surface area is 446 Å². The summed E-state index contributed by atoms with van der Waals surface area (Å²) in [6.07, 6.45) is -0.433. The largest absolute Gasteiger partial charge is 0.379 e. The summed E-state index contributed by atoms with van der Waals surface area (Å²) in [4.78, 5) is 92.3. The summed E-state index contributed by atoms with van der Waals surface area (Å²) in [7, 11) is 2.93. The van der Waals surface area contributed by atoms with Crippen LogP contribution in [-0.2, 0) is 56.6 Å². The van der Waals surface area contributed by atoms with Gasteiger partial charge in [-0.2, -0.15) is 0 Å². The molecule has 3 unspecified atom stereocenters. The zero-order valence-electron chi connectivity index (χ0n) is 44.5. The van der Waals surface area contributed by atoms with Gasteiger partial charge in [-0.3, -0.25) is 38.6 Å². The van der Waals surface area contributed by atoms with Crippen LogP contribution in [0.25, 0.3) is 0 Å². The lowest BCUT2D eigenvalue weighted by atomic mass is 9.83. The molecule has 0 spiro atoms. The molecule has 0 bridgehead atoms. The Balaban J connectivity index is 1.01. The summed E-state index contributed by atoms with van der Waals surface area (Å²) in [5.74, 6) is -6.02. The summed E-state index contributed by atoms with van der Waals surface area (Å²) in [5, 5.41) is 16.9. The van der Waals surface area contributed by atoms with Crippen molar-refractivity contribution < 1.29 is 51.4 Å². The maximum absolute atomic E-state index is 14.9. The number of benzene rings is 4. The summed E-state index contributed by atoms with van der Waals surface area (Å²) < 4.78 is 54.9. The van der Waals surface area contributed by atoms with Crippen LogP contribution in [-0.4, -0.2) is 160 Å². The highest BCUT2D eigenvalue weighted by atomic mass is 19.1. The van der Waals surface area contributed by atoms with Crippen molar-refractivity contribution >= 4 is 52.5 Å². The number of hydrogen-bond acceptors (Lipinski definition) is 12. The lowest BCUT2D eigenvalue weighted by Crippen LogP contribution is -2.62. The Kier molecular flexibility index (Phi) is 17.8. The Morgan fingerprint density at radius 1 is 0.909 bits per heavy atom. The molecular weight excluding hydrogens is 998 g/mol. The third-order valence-electron chi connectivity index (χ3n) is 15.3. The molecule has 412 valence electrons. The smallest absolute Gasteiger partial charge is 0.252 e. The number of fused-ring (bicyclic) bond motifs is 2. The number of amides is 6. The maximum atomic E-state index is 14.9. The van der Waals surface area contributed by atoms with Crippen LogP contribution in [0.1, 0.15) is 68.5 Å². The van der Waals surface area contributed by atoms with Gasteiger partial charge in [-0.05, 0) is 118 Å². The molecule has 0 saturated carbocycles. The molecule has 18 nitrogen and oxygen atoms in total. The number of methoxy groups -OCH3 is 1. The van der Waals surface area contributed by atoms with E-state index in [1.54, 1.807) is 57.0 Å². The number of para-hydroxylation sites is 1. The van der Waals surface area contributed by atoms with Gasteiger partial charge in [-0.1, -0.05) is 36.4 Å². The SMILES string of the molecule is CNC(C)C(=O)NC(C(=O)N1Cc2ccc(NC(=O)CNC(=O)[C@]3(C)CN(C(=O)CN4C[C@@H](C)NC[C@@H]4CN4CCOC[C@H]4C)c4cc(Cc5ccc(F)cc5)ccc43)cc2[C@H]1C(=O)Nc1c(F)cccc1F)C(C)OC. The van der Waals surface area contributed by atoms with Crippen molar-refractivity contribution in [3.63, 3.8) is 0 Å². The van der Waals surface area contributed by atoms with Crippen LogP contribution in [0.5, 0.6) is 0 Å². The number of hydrogen-bond donors (Lipinski definition) is 6. The van der Waals surface area contributed by atoms with Crippen molar-refractivity contribution in [3.8, 4) is 0 Å². The Morgan fingerprint density at radius 2 is 1.64 bits per heavy atom. The normalized spacial score (nSPS) is 22.6. The number of likely N-dealkylation sites (N-methyl/N-ethyl adjacent to an activating group) is 1. The van der Waals surface area contributed by atoms with Gasteiger partial charge in [-0.25, -0.2) is 13.2 Å². The molecule has 8 atom stereocenters. The van der Waals surface area contributed by atoms with Gasteiger partial charge in [0.05, 0.1) is 43.9 Å². The third kappa shape index (κ3) is 12.7. The van der Waals surface area contributed by atoms with Gasteiger partial charge in [0, 0.05) is 75.9 Å². The number of carbonyl (C=O) groups excluding carboxylic acids is 6. The van der Waals surface area contributed by atoms with Crippen LogP contribution in [0.4, 0.5) is 30.2 Å². The maximum Gasteiger partial charge on any atom is 0.252 e. The van der Waals surface area contributed by atoms with Crippen LogP contribution in [0.3, 0.4) is 0 Å². The first kappa shape index (κ1) is 56.5. The summed E-state index contributed by atoms with van der Waals surface area (Å²) in [6.45, 7) is 12.7. The monoisotopic (exact) mass is 1070 g/mol. The van der Waals surface area contributed by atoms with Gasteiger partial charge in [0.2, 0.25) is 29.5 Å². The molecule has 8 rings (SSSR count). The number of rotatable bonds is 18. The minimum absolute atomic E-state index is 0.0100. The Hall–Kier alpha value is -6.75. The zero-order valence-corrected chi connectivity index (χ0v) is 44.5. The predicted molar refractivity (Wildman–Crippen MR) is 283 cm³/mol. The molecule has 21 heteroatoms. The molecular formula is C56H69F3N10O8. The first-order valence-electron chi connectivity index (χ1n) is 26.0. The molecule has 6 N–H and O–H groups in total. The van der Waals surface area contributed by atoms with E-state index in [1.165, 1.54) is 30.2 Å². The third-order valence-corrected chi connectivity index (χ3v) is 15.3. The van der Waals surface area contributed by atoms with Crippen molar-refractivity contribution in [3.05, 3.63) is 124 Å². The molecule has 6 amide bonds. The molecule has 2 fully saturated rings. The number of halogens is 3. The molecule has 0 aliphatic carbocycles. The molecule has 2 saturated heterocycles. The highest BCUT2D eigenvalue weighted by molar-refractivity contribution is 6.05. The molecule has 4 aliphatic rings. The number of piperazine rings is 1. The number of carbonyl (C=O) groups is 6. The summed E-state index contributed by atoms with van der Waals surface area (Å²) in [6, 6.07) is 16.4. The zero-order chi connectivity index (χ0) is 55.3. The molecule has 4 heterocycles. The molecule has 4 aromatic carbocycles. The second-order valence-corrected chi connectivity index (χ2v) is 20.8. The summed E-state index contributed by atoms with van der Waals surface area (Å²) >= 11 is 0. The van der Waals surface area contributed by atoms with Gasteiger partial charge in [0.15, 0.2) is 0 Å². The molecule has 0 aromatic heterocycles.